The minimum Gasteiger partial charge on any atom is -0.496 e. The number of carbonyl (C=O) groups is 2. The minimum atomic E-state index is -1.02. The third kappa shape index (κ3) is 4.85. The number of carbonyl (C=O) groups excluding carboxylic acids is 1. The monoisotopic (exact) mass is 325 g/mol. The molecule has 0 aromatic heterocycles. The first kappa shape index (κ1) is 18.8. The molecule has 1 amide bonds. The Bertz CT molecular complexity index is 561. The molecule has 0 spiro atoms. The van der Waals surface area contributed by atoms with Crippen LogP contribution in [0.1, 0.15) is 29.3 Å². The van der Waals surface area contributed by atoms with E-state index in [9.17, 15) is 9.59 Å². The van der Waals surface area contributed by atoms with Gasteiger partial charge in [0.1, 0.15) is 11.5 Å². The predicted molar refractivity (Wildman–Crippen MR) is 84.3 cm³/mol. The van der Waals surface area contributed by atoms with E-state index in [-0.39, 0.29) is 13.0 Å². The standard InChI is InChI=1S/C16H23NO6/c1-10-12(22-4)6-11(7-13(10)23-5)15(20)17-16(2,9-21-3)8-14(18)19/h6-7H,8-9H2,1-5H3,(H,17,20)(H,18,19). The maximum atomic E-state index is 12.5. The molecular weight excluding hydrogens is 302 g/mol. The number of methoxy groups -OCH3 is 3. The fourth-order valence-electron chi connectivity index (χ4n) is 2.35. The summed E-state index contributed by atoms with van der Waals surface area (Å²) in [4.78, 5) is 23.5. The van der Waals surface area contributed by atoms with Gasteiger partial charge in [0.2, 0.25) is 0 Å². The fraction of sp³-hybridized carbons (Fsp3) is 0.500. The lowest BCUT2D eigenvalue weighted by Crippen LogP contribution is -2.50. The third-order valence-electron chi connectivity index (χ3n) is 3.43. The lowest BCUT2D eigenvalue weighted by molar-refractivity contribution is -0.139. The van der Waals surface area contributed by atoms with Gasteiger partial charge in [-0.2, -0.15) is 0 Å². The van der Waals surface area contributed by atoms with Crippen molar-refractivity contribution in [2.75, 3.05) is 27.9 Å². The Morgan fingerprint density at radius 3 is 2.09 bits per heavy atom. The van der Waals surface area contributed by atoms with Crippen molar-refractivity contribution in [3.05, 3.63) is 23.3 Å². The SMILES string of the molecule is COCC(C)(CC(=O)O)NC(=O)c1cc(OC)c(C)c(OC)c1. The van der Waals surface area contributed by atoms with Gasteiger partial charge in [-0.25, -0.2) is 0 Å². The van der Waals surface area contributed by atoms with Crippen LogP contribution in [0, 0.1) is 6.92 Å². The largest absolute Gasteiger partial charge is 0.496 e. The Kier molecular flexibility index (Phi) is 6.38. The van der Waals surface area contributed by atoms with Gasteiger partial charge >= 0.3 is 5.97 Å². The van der Waals surface area contributed by atoms with E-state index in [1.165, 1.54) is 21.3 Å². The van der Waals surface area contributed by atoms with Gasteiger partial charge in [-0.1, -0.05) is 0 Å². The lowest BCUT2D eigenvalue weighted by atomic mass is 9.98. The quantitative estimate of drug-likeness (QED) is 0.754. The molecule has 0 fully saturated rings. The summed E-state index contributed by atoms with van der Waals surface area (Å²) in [6.07, 6.45) is -0.257. The molecule has 1 unspecified atom stereocenters. The highest BCUT2D eigenvalue weighted by Crippen LogP contribution is 2.29. The highest BCUT2D eigenvalue weighted by molar-refractivity contribution is 5.96. The molecule has 128 valence electrons. The average Bonchev–Trinajstić information content (AvgIpc) is 2.46. The highest BCUT2D eigenvalue weighted by Gasteiger charge is 2.30. The van der Waals surface area contributed by atoms with Crippen molar-refractivity contribution >= 4 is 11.9 Å². The summed E-state index contributed by atoms with van der Waals surface area (Å²) >= 11 is 0. The van der Waals surface area contributed by atoms with E-state index in [4.69, 9.17) is 19.3 Å². The zero-order chi connectivity index (χ0) is 17.6. The normalized spacial score (nSPS) is 13.1. The van der Waals surface area contributed by atoms with Crippen LogP contribution in [0.5, 0.6) is 11.5 Å². The van der Waals surface area contributed by atoms with Gasteiger partial charge in [-0.15, -0.1) is 0 Å². The second kappa shape index (κ2) is 7.82. The molecule has 0 saturated carbocycles. The molecule has 0 saturated heterocycles. The Labute approximate surface area is 135 Å². The molecular formula is C16H23NO6. The smallest absolute Gasteiger partial charge is 0.305 e. The van der Waals surface area contributed by atoms with Crippen LogP contribution in [-0.4, -0.2) is 50.5 Å². The number of nitrogens with one attached hydrogen (secondary N) is 1. The summed E-state index contributed by atoms with van der Waals surface area (Å²) < 4.78 is 15.5. The van der Waals surface area contributed by atoms with Gasteiger partial charge in [-0.05, 0) is 26.0 Å². The molecule has 0 aliphatic carbocycles. The summed E-state index contributed by atoms with van der Waals surface area (Å²) in [5.41, 5.74) is 0.0667. The van der Waals surface area contributed by atoms with E-state index in [1.807, 2.05) is 6.92 Å². The van der Waals surface area contributed by atoms with Gasteiger partial charge in [0.15, 0.2) is 0 Å². The summed E-state index contributed by atoms with van der Waals surface area (Å²) in [5, 5.41) is 11.7. The van der Waals surface area contributed by atoms with Gasteiger partial charge in [0.05, 0.1) is 32.8 Å². The first-order valence-electron chi connectivity index (χ1n) is 7.02. The summed E-state index contributed by atoms with van der Waals surface area (Å²) in [7, 11) is 4.45. The van der Waals surface area contributed by atoms with Crippen LogP contribution in [0.25, 0.3) is 0 Å². The number of carboxylic acid groups (broad SMARTS) is 1. The second-order valence-electron chi connectivity index (χ2n) is 5.52. The van der Waals surface area contributed by atoms with Crippen molar-refractivity contribution in [2.24, 2.45) is 0 Å². The minimum absolute atomic E-state index is 0.0746. The molecule has 0 bridgehead atoms. The topological polar surface area (TPSA) is 94.1 Å². The zero-order valence-electron chi connectivity index (χ0n) is 14.1. The lowest BCUT2D eigenvalue weighted by Gasteiger charge is -2.28. The van der Waals surface area contributed by atoms with Crippen molar-refractivity contribution in [3.63, 3.8) is 0 Å². The van der Waals surface area contributed by atoms with Crippen molar-refractivity contribution in [1.82, 2.24) is 5.32 Å². The first-order chi connectivity index (χ1) is 10.8. The molecule has 1 atom stereocenters. The number of amides is 1. The Morgan fingerprint density at radius 1 is 1.17 bits per heavy atom. The van der Waals surface area contributed by atoms with Crippen molar-refractivity contribution in [1.29, 1.82) is 0 Å². The Morgan fingerprint density at radius 2 is 1.70 bits per heavy atom. The fourth-order valence-corrected chi connectivity index (χ4v) is 2.35. The van der Waals surface area contributed by atoms with E-state index >= 15 is 0 Å². The Balaban J connectivity index is 3.10. The number of hydrogen-bond acceptors (Lipinski definition) is 5. The molecule has 0 aliphatic heterocycles. The van der Waals surface area contributed by atoms with Gasteiger partial charge in [0, 0.05) is 18.2 Å². The Hall–Kier alpha value is -2.28. The van der Waals surface area contributed by atoms with Crippen molar-refractivity contribution in [2.45, 2.75) is 25.8 Å². The predicted octanol–water partition coefficient (Wildman–Crippen LogP) is 1.62. The molecule has 1 rings (SSSR count). The summed E-state index contributed by atoms with van der Waals surface area (Å²) in [6, 6.07) is 3.17. The maximum absolute atomic E-state index is 12.5. The molecule has 0 heterocycles. The van der Waals surface area contributed by atoms with Gasteiger partial charge in [-0.3, -0.25) is 9.59 Å². The van der Waals surface area contributed by atoms with E-state index in [1.54, 1.807) is 19.1 Å². The maximum Gasteiger partial charge on any atom is 0.305 e. The number of hydrogen-bond donors (Lipinski definition) is 2. The molecule has 1 aromatic rings. The van der Waals surface area contributed by atoms with Crippen molar-refractivity contribution in [3.8, 4) is 11.5 Å². The first-order valence-corrected chi connectivity index (χ1v) is 7.02. The van der Waals surface area contributed by atoms with Crippen LogP contribution in [0.2, 0.25) is 0 Å². The second-order valence-corrected chi connectivity index (χ2v) is 5.52. The van der Waals surface area contributed by atoms with Crippen LogP contribution >= 0.6 is 0 Å². The molecule has 7 nitrogen and oxygen atoms in total. The molecule has 1 aromatic carbocycles. The third-order valence-corrected chi connectivity index (χ3v) is 3.43. The number of rotatable bonds is 8. The highest BCUT2D eigenvalue weighted by atomic mass is 16.5. The van der Waals surface area contributed by atoms with Crippen molar-refractivity contribution < 1.29 is 28.9 Å². The zero-order valence-corrected chi connectivity index (χ0v) is 14.1. The summed E-state index contributed by atoms with van der Waals surface area (Å²) in [6.45, 7) is 3.51. The summed E-state index contributed by atoms with van der Waals surface area (Å²) in [5.74, 6) is -0.423. The van der Waals surface area contributed by atoms with Crippen LogP contribution in [0.3, 0.4) is 0 Å². The van der Waals surface area contributed by atoms with Crippen LogP contribution in [-0.2, 0) is 9.53 Å². The molecule has 0 aliphatic rings. The van der Waals surface area contributed by atoms with E-state index in [2.05, 4.69) is 5.32 Å². The van der Waals surface area contributed by atoms with Crippen LogP contribution in [0.15, 0.2) is 12.1 Å². The number of benzene rings is 1. The number of aliphatic carboxylic acids is 1. The number of carboxylic acids is 1. The molecule has 7 heteroatoms. The van der Waals surface area contributed by atoms with Gasteiger partial charge in [0.25, 0.3) is 5.91 Å². The molecule has 23 heavy (non-hydrogen) atoms. The average molecular weight is 325 g/mol. The van der Waals surface area contributed by atoms with E-state index in [0.29, 0.717) is 17.1 Å². The molecule has 0 radical (unpaired) electrons. The van der Waals surface area contributed by atoms with E-state index in [0.717, 1.165) is 5.56 Å². The van der Waals surface area contributed by atoms with Gasteiger partial charge < -0.3 is 24.6 Å². The van der Waals surface area contributed by atoms with Crippen LogP contribution in [0.4, 0.5) is 0 Å². The molecule has 2 N–H and O–H groups in total. The van der Waals surface area contributed by atoms with E-state index < -0.39 is 17.4 Å². The number of ether oxygens (including phenoxy) is 3. The van der Waals surface area contributed by atoms with Crippen LogP contribution < -0.4 is 14.8 Å².